The lowest BCUT2D eigenvalue weighted by molar-refractivity contribution is -0.117. The van der Waals surface area contributed by atoms with Crippen LogP contribution < -0.4 is 5.32 Å². The maximum atomic E-state index is 14.0. The van der Waals surface area contributed by atoms with Gasteiger partial charge in [0.05, 0.1) is 6.04 Å². The fraction of sp³-hybridized carbons (Fsp3) is 0.344. The number of alkyl halides is 2. The lowest BCUT2D eigenvalue weighted by atomic mass is 10.0. The van der Waals surface area contributed by atoms with E-state index in [0.29, 0.717) is 46.1 Å². The maximum absolute atomic E-state index is 14.0. The molecule has 0 radical (unpaired) electrons. The molecule has 3 atom stereocenters. The monoisotopic (exact) mass is 625 g/mol. The lowest BCUT2D eigenvalue weighted by Gasteiger charge is -2.43. The van der Waals surface area contributed by atoms with Gasteiger partial charge in [0.15, 0.2) is 11.4 Å². The highest BCUT2D eigenvalue weighted by atomic mass is 19.3. The summed E-state index contributed by atoms with van der Waals surface area (Å²) >= 11 is 0. The average molecular weight is 626 g/mol. The van der Waals surface area contributed by atoms with Crippen LogP contribution >= 0.6 is 0 Å². The van der Waals surface area contributed by atoms with E-state index in [2.05, 4.69) is 35.6 Å². The van der Waals surface area contributed by atoms with Crippen molar-refractivity contribution in [1.82, 2.24) is 40.0 Å². The fourth-order valence-corrected chi connectivity index (χ4v) is 6.60. The van der Waals surface area contributed by atoms with Gasteiger partial charge in [0.1, 0.15) is 11.2 Å². The van der Waals surface area contributed by atoms with Crippen LogP contribution in [0.2, 0.25) is 0 Å². The number of likely N-dealkylation sites (tertiary alicyclic amines) is 1. The summed E-state index contributed by atoms with van der Waals surface area (Å²) in [5.74, 6) is 0.456. The number of rotatable bonds is 8. The summed E-state index contributed by atoms with van der Waals surface area (Å²) in [5, 5.41) is 14.5. The molecule has 3 aromatic heterocycles. The second kappa shape index (κ2) is 11.4. The molecule has 2 saturated heterocycles. The molecule has 46 heavy (non-hydrogen) atoms. The number of benzene rings is 2. The zero-order chi connectivity index (χ0) is 31.4. The van der Waals surface area contributed by atoms with Gasteiger partial charge in [-0.25, -0.2) is 4.98 Å². The Labute approximate surface area is 261 Å². The predicted molar refractivity (Wildman–Crippen MR) is 161 cm³/mol. The van der Waals surface area contributed by atoms with E-state index >= 15 is 0 Å². The van der Waals surface area contributed by atoms with Crippen LogP contribution in [0.15, 0.2) is 71.3 Å². The molecule has 2 aromatic carbocycles. The Morgan fingerprint density at radius 1 is 0.957 bits per heavy atom. The van der Waals surface area contributed by atoms with E-state index in [0.717, 1.165) is 31.2 Å². The Hall–Kier alpha value is -5.11. The van der Waals surface area contributed by atoms with Gasteiger partial charge in [0, 0.05) is 48.5 Å². The molecule has 14 heteroatoms. The van der Waals surface area contributed by atoms with Crippen LogP contribution in [0.4, 0.5) is 14.5 Å². The fourth-order valence-electron chi connectivity index (χ4n) is 6.60. The van der Waals surface area contributed by atoms with E-state index in [9.17, 15) is 18.4 Å². The van der Waals surface area contributed by atoms with Crippen molar-refractivity contribution in [3.8, 4) is 11.5 Å². The van der Waals surface area contributed by atoms with Crippen molar-refractivity contribution in [2.75, 3.05) is 18.4 Å². The summed E-state index contributed by atoms with van der Waals surface area (Å²) in [4.78, 5) is 39.5. The number of aromatic nitrogens is 6. The molecule has 3 unspecified atom stereocenters. The molecular weight excluding hydrogens is 596 g/mol. The third kappa shape index (κ3) is 5.27. The molecule has 2 amide bonds. The zero-order valence-corrected chi connectivity index (χ0v) is 24.5. The predicted octanol–water partition coefficient (Wildman–Crippen LogP) is 4.70. The molecule has 5 heterocycles. The molecule has 2 aliphatic heterocycles. The van der Waals surface area contributed by atoms with Gasteiger partial charge in [-0.1, -0.05) is 35.1 Å². The minimum Gasteiger partial charge on any atom is -0.436 e. The first-order chi connectivity index (χ1) is 22.4. The molecule has 8 rings (SSSR count). The molecule has 3 aliphatic rings. The van der Waals surface area contributed by atoms with E-state index in [1.54, 1.807) is 36.5 Å². The van der Waals surface area contributed by atoms with Crippen LogP contribution in [0, 0.1) is 5.92 Å². The summed E-state index contributed by atoms with van der Waals surface area (Å²) in [6, 6.07) is 17.5. The van der Waals surface area contributed by atoms with Crippen molar-refractivity contribution >= 4 is 28.6 Å². The normalized spacial score (nSPS) is 20.4. The maximum Gasteiger partial charge on any atom is 0.350 e. The van der Waals surface area contributed by atoms with Gasteiger partial charge in [-0.15, -0.1) is 10.2 Å². The number of hydrogen-bond acceptors (Lipinski definition) is 9. The van der Waals surface area contributed by atoms with Gasteiger partial charge in [0.2, 0.25) is 11.8 Å². The van der Waals surface area contributed by atoms with Gasteiger partial charge in [-0.05, 0) is 66.8 Å². The number of anilines is 1. The number of pyridine rings is 1. The van der Waals surface area contributed by atoms with Crippen LogP contribution in [0.5, 0.6) is 0 Å². The standard InChI is InChI=1S/C32H29F2N9O3/c33-32(34)43-39-28(38-40-43)27(18-4-2-1-3-5-18)41-16-22-9-10-23(17-41)42(22)31(45)25-14-20(12-13-35-25)30-37-24-15-21(8-11-26(24)46-30)36-29(44)19-6-7-19/h1-5,8,11-15,19,22-23,27,32H,6-7,9-10,16-17H2,(H,36,44). The molecule has 1 saturated carbocycles. The second-order valence-corrected chi connectivity index (χ2v) is 12.0. The minimum absolute atomic E-state index is 0.0157. The highest BCUT2D eigenvalue weighted by Gasteiger charge is 2.46. The van der Waals surface area contributed by atoms with Crippen molar-refractivity contribution in [2.45, 2.75) is 50.4 Å². The number of nitrogens with one attached hydrogen (secondary N) is 1. The highest BCUT2D eigenvalue weighted by Crippen LogP contribution is 2.38. The third-order valence-electron chi connectivity index (χ3n) is 8.92. The zero-order valence-electron chi connectivity index (χ0n) is 24.5. The SMILES string of the molecule is O=C(Nc1ccc2oc(-c3ccnc(C(=O)N4C5CCC4CN(C(c4ccccc4)c4nnn(C(F)F)n4)C5)c3)nc2c1)C1CC1. The number of carbonyl (C=O) groups excluding carboxylic acids is 2. The Balaban J connectivity index is 1.02. The van der Waals surface area contributed by atoms with E-state index < -0.39 is 12.6 Å². The quantitative estimate of drug-likeness (QED) is 0.260. The molecule has 0 spiro atoms. The Bertz CT molecular complexity index is 1910. The molecule has 3 fully saturated rings. The van der Waals surface area contributed by atoms with Crippen LogP contribution in [0.25, 0.3) is 22.6 Å². The second-order valence-electron chi connectivity index (χ2n) is 12.0. The topological polar surface area (TPSA) is 135 Å². The number of tetrazole rings is 1. The van der Waals surface area contributed by atoms with Crippen LogP contribution in [-0.4, -0.2) is 77.0 Å². The smallest absolute Gasteiger partial charge is 0.350 e. The first kappa shape index (κ1) is 28.4. The number of carbonyl (C=O) groups is 2. The summed E-state index contributed by atoms with van der Waals surface area (Å²) < 4.78 is 32.6. The Morgan fingerprint density at radius 2 is 1.74 bits per heavy atom. The molecular formula is C32H29F2N9O3. The number of amides is 2. The van der Waals surface area contributed by atoms with Crippen molar-refractivity contribution in [2.24, 2.45) is 5.92 Å². The summed E-state index contributed by atoms with van der Waals surface area (Å²) in [7, 11) is 0. The number of fused-ring (bicyclic) bond motifs is 3. The highest BCUT2D eigenvalue weighted by molar-refractivity contribution is 5.96. The molecule has 12 nitrogen and oxygen atoms in total. The molecule has 234 valence electrons. The van der Waals surface area contributed by atoms with Crippen LogP contribution in [0.3, 0.4) is 0 Å². The van der Waals surface area contributed by atoms with Crippen molar-refractivity contribution < 1.29 is 22.8 Å². The number of nitrogens with zero attached hydrogens (tertiary/aromatic N) is 8. The largest absolute Gasteiger partial charge is 0.436 e. The Kier molecular flexibility index (Phi) is 7.00. The van der Waals surface area contributed by atoms with Gasteiger partial charge < -0.3 is 14.6 Å². The van der Waals surface area contributed by atoms with Crippen LogP contribution in [0.1, 0.15) is 60.2 Å². The first-order valence-corrected chi connectivity index (χ1v) is 15.3. The molecule has 1 N–H and O–H groups in total. The van der Waals surface area contributed by atoms with E-state index in [1.165, 1.54) is 0 Å². The molecule has 2 bridgehead atoms. The van der Waals surface area contributed by atoms with Gasteiger partial charge in [-0.3, -0.25) is 19.5 Å². The lowest BCUT2D eigenvalue weighted by Crippen LogP contribution is -2.56. The van der Waals surface area contributed by atoms with Crippen molar-refractivity contribution in [3.05, 3.63) is 83.9 Å². The van der Waals surface area contributed by atoms with E-state index in [-0.39, 0.29) is 41.3 Å². The number of halogens is 2. The third-order valence-corrected chi connectivity index (χ3v) is 8.92. The van der Waals surface area contributed by atoms with Crippen molar-refractivity contribution in [1.29, 1.82) is 0 Å². The number of piperazine rings is 1. The van der Waals surface area contributed by atoms with E-state index in [1.807, 2.05) is 35.2 Å². The Morgan fingerprint density at radius 3 is 2.46 bits per heavy atom. The number of oxazole rings is 1. The summed E-state index contributed by atoms with van der Waals surface area (Å²) in [6.07, 6.45) is 5.01. The first-order valence-electron chi connectivity index (χ1n) is 15.3. The average Bonchev–Trinajstić information content (AvgIpc) is 3.56. The van der Waals surface area contributed by atoms with E-state index in [4.69, 9.17) is 4.42 Å². The summed E-state index contributed by atoms with van der Waals surface area (Å²) in [6.45, 7) is -1.87. The van der Waals surface area contributed by atoms with Crippen LogP contribution in [-0.2, 0) is 4.79 Å². The van der Waals surface area contributed by atoms with Crippen molar-refractivity contribution in [3.63, 3.8) is 0 Å². The van der Waals surface area contributed by atoms with Gasteiger partial charge in [0.25, 0.3) is 5.91 Å². The summed E-state index contributed by atoms with van der Waals surface area (Å²) in [5.41, 5.74) is 3.58. The minimum atomic E-state index is -2.89. The number of hydrogen-bond donors (Lipinski definition) is 1. The van der Waals surface area contributed by atoms with Gasteiger partial charge >= 0.3 is 6.55 Å². The molecule has 1 aliphatic carbocycles. The van der Waals surface area contributed by atoms with Gasteiger partial charge in [-0.2, -0.15) is 8.78 Å². The molecule has 5 aromatic rings.